The molecule has 4 atom stereocenters. The normalized spacial score (nSPS) is 34.3. The molecule has 4 unspecified atom stereocenters. The number of hydrogen-bond donors (Lipinski definition) is 2. The lowest BCUT2D eigenvalue weighted by atomic mass is 9.84. The van der Waals surface area contributed by atoms with Crippen molar-refractivity contribution in [3.05, 3.63) is 0 Å². The first-order valence-corrected chi connectivity index (χ1v) is 8.99. The van der Waals surface area contributed by atoms with Gasteiger partial charge in [0.2, 0.25) is 5.91 Å². The summed E-state index contributed by atoms with van der Waals surface area (Å²) >= 11 is 0. The van der Waals surface area contributed by atoms with Crippen LogP contribution in [0.25, 0.3) is 0 Å². The molecule has 2 aliphatic carbocycles. The maximum atomic E-state index is 12.8. The summed E-state index contributed by atoms with van der Waals surface area (Å²) in [5.74, 6) is 1.97. The molecule has 24 heavy (non-hydrogen) atoms. The fourth-order valence-electron chi connectivity index (χ4n) is 4.88. The van der Waals surface area contributed by atoms with Gasteiger partial charge in [-0.05, 0) is 56.8 Å². The average molecular weight is 348 g/mol. The second-order valence-electron chi connectivity index (χ2n) is 8.00. The molecule has 2 saturated carbocycles. The molecular weight excluding hydrogens is 321 g/mol. The van der Waals surface area contributed by atoms with Gasteiger partial charge in [0, 0.05) is 19.1 Å². The van der Waals surface area contributed by atoms with Crippen LogP contribution >= 0.6 is 0 Å². The van der Waals surface area contributed by atoms with Crippen LogP contribution in [0.1, 0.15) is 45.4 Å². The lowest BCUT2D eigenvalue weighted by Gasteiger charge is -2.39. The Balaban J connectivity index is 1.43. The highest BCUT2D eigenvalue weighted by atomic mass is 19.4. The van der Waals surface area contributed by atoms with Crippen LogP contribution in [0.2, 0.25) is 0 Å². The maximum Gasteiger partial charge on any atom is 0.417 e. The molecule has 3 aliphatic rings. The van der Waals surface area contributed by atoms with Crippen LogP contribution in [0.4, 0.5) is 13.2 Å². The third-order valence-corrected chi connectivity index (χ3v) is 6.40. The predicted molar refractivity (Wildman–Crippen MR) is 83.2 cm³/mol. The molecule has 0 aromatic heterocycles. The smallest absolute Gasteiger partial charge is 0.380 e. The molecule has 138 valence electrons. The van der Waals surface area contributed by atoms with Crippen molar-refractivity contribution in [1.82, 2.24) is 10.2 Å². The van der Waals surface area contributed by atoms with E-state index in [-0.39, 0.29) is 44.4 Å². The molecule has 7 heteroatoms. The van der Waals surface area contributed by atoms with Crippen molar-refractivity contribution < 1.29 is 23.1 Å². The first-order valence-electron chi connectivity index (χ1n) is 8.99. The number of alkyl halides is 3. The van der Waals surface area contributed by atoms with Crippen molar-refractivity contribution in [2.75, 3.05) is 19.6 Å². The first kappa shape index (κ1) is 18.0. The van der Waals surface area contributed by atoms with E-state index in [2.05, 4.69) is 5.32 Å². The molecule has 1 heterocycles. The quantitative estimate of drug-likeness (QED) is 0.820. The Morgan fingerprint density at radius 3 is 2.46 bits per heavy atom. The van der Waals surface area contributed by atoms with Gasteiger partial charge < -0.3 is 10.4 Å². The summed E-state index contributed by atoms with van der Waals surface area (Å²) in [6, 6.07) is 0.129. The largest absolute Gasteiger partial charge is 0.417 e. The van der Waals surface area contributed by atoms with Crippen LogP contribution in [0.5, 0.6) is 0 Å². The maximum absolute atomic E-state index is 12.8. The molecule has 1 aliphatic heterocycles. The number of amides is 1. The fraction of sp³-hybridized carbons (Fsp3) is 0.941. The number of rotatable bonds is 4. The summed E-state index contributed by atoms with van der Waals surface area (Å²) in [6.07, 6.45) is -0.286. The SMILES string of the molecule is CC(NC(=O)CN1CCC(O)(C(F)(F)F)CC1)C1CC2CCC1C2. The van der Waals surface area contributed by atoms with Gasteiger partial charge in [0.1, 0.15) is 0 Å². The van der Waals surface area contributed by atoms with E-state index in [1.54, 1.807) is 4.90 Å². The third kappa shape index (κ3) is 3.57. The number of likely N-dealkylation sites (tertiary alicyclic amines) is 1. The Kier molecular flexibility index (Phi) is 4.86. The molecule has 4 nitrogen and oxygen atoms in total. The van der Waals surface area contributed by atoms with Crippen LogP contribution in [0, 0.1) is 17.8 Å². The van der Waals surface area contributed by atoms with E-state index < -0.39 is 11.8 Å². The zero-order valence-electron chi connectivity index (χ0n) is 14.1. The highest BCUT2D eigenvalue weighted by Gasteiger charge is 2.54. The molecule has 0 radical (unpaired) electrons. The molecule has 1 amide bonds. The van der Waals surface area contributed by atoms with Gasteiger partial charge in [-0.1, -0.05) is 6.42 Å². The minimum absolute atomic E-state index is 0.0892. The van der Waals surface area contributed by atoms with Gasteiger partial charge in [0.05, 0.1) is 6.54 Å². The average Bonchev–Trinajstić information content (AvgIpc) is 3.11. The van der Waals surface area contributed by atoms with Gasteiger partial charge in [-0.2, -0.15) is 13.2 Å². The van der Waals surface area contributed by atoms with Crippen molar-refractivity contribution in [2.24, 2.45) is 17.8 Å². The highest BCUT2D eigenvalue weighted by Crippen LogP contribution is 2.49. The Bertz CT molecular complexity index is 475. The summed E-state index contributed by atoms with van der Waals surface area (Å²) in [6.45, 7) is 2.33. The lowest BCUT2D eigenvalue weighted by molar-refractivity contribution is -0.272. The second-order valence-corrected chi connectivity index (χ2v) is 8.00. The van der Waals surface area contributed by atoms with E-state index in [0.717, 1.165) is 11.8 Å². The third-order valence-electron chi connectivity index (χ3n) is 6.40. The van der Waals surface area contributed by atoms with E-state index in [0.29, 0.717) is 5.92 Å². The van der Waals surface area contributed by atoms with E-state index in [1.807, 2.05) is 6.92 Å². The van der Waals surface area contributed by atoms with E-state index in [4.69, 9.17) is 0 Å². The number of piperidine rings is 1. The van der Waals surface area contributed by atoms with E-state index >= 15 is 0 Å². The number of nitrogens with zero attached hydrogens (tertiary/aromatic N) is 1. The topological polar surface area (TPSA) is 52.6 Å². The Morgan fingerprint density at radius 2 is 1.96 bits per heavy atom. The Labute approximate surface area is 140 Å². The van der Waals surface area contributed by atoms with Gasteiger partial charge >= 0.3 is 6.18 Å². The van der Waals surface area contributed by atoms with Crippen LogP contribution < -0.4 is 5.32 Å². The Hall–Kier alpha value is -0.820. The molecule has 0 aromatic rings. The number of nitrogens with one attached hydrogen (secondary N) is 1. The molecule has 3 fully saturated rings. The van der Waals surface area contributed by atoms with Crippen molar-refractivity contribution in [3.8, 4) is 0 Å². The number of aliphatic hydroxyl groups is 1. The molecule has 1 saturated heterocycles. The van der Waals surface area contributed by atoms with Crippen LogP contribution in [-0.2, 0) is 4.79 Å². The monoisotopic (exact) mass is 348 g/mol. The molecule has 2 N–H and O–H groups in total. The fourth-order valence-corrected chi connectivity index (χ4v) is 4.88. The number of hydrogen-bond acceptors (Lipinski definition) is 3. The summed E-state index contributed by atoms with van der Waals surface area (Å²) in [5.41, 5.74) is -2.60. The second kappa shape index (κ2) is 6.48. The zero-order chi connectivity index (χ0) is 17.5. The van der Waals surface area contributed by atoms with Gasteiger partial charge in [0.25, 0.3) is 0 Å². The summed E-state index contributed by atoms with van der Waals surface area (Å²) in [4.78, 5) is 13.9. The van der Waals surface area contributed by atoms with Gasteiger partial charge in [-0.15, -0.1) is 0 Å². The first-order chi connectivity index (χ1) is 11.2. The lowest BCUT2D eigenvalue weighted by Crippen LogP contribution is -2.55. The van der Waals surface area contributed by atoms with Crippen LogP contribution in [0.3, 0.4) is 0 Å². The minimum atomic E-state index is -4.60. The molecule has 0 aromatic carbocycles. The van der Waals surface area contributed by atoms with E-state index in [9.17, 15) is 23.1 Å². The van der Waals surface area contributed by atoms with Crippen LogP contribution in [-0.4, -0.2) is 53.4 Å². The summed E-state index contributed by atoms with van der Waals surface area (Å²) < 4.78 is 38.4. The van der Waals surface area contributed by atoms with E-state index in [1.165, 1.54) is 25.7 Å². The number of carbonyl (C=O) groups excluding carboxylic acids is 1. The van der Waals surface area contributed by atoms with Crippen molar-refractivity contribution in [1.29, 1.82) is 0 Å². The molecule has 3 rings (SSSR count). The number of halogens is 3. The summed E-state index contributed by atoms with van der Waals surface area (Å²) in [7, 11) is 0. The van der Waals surface area contributed by atoms with Crippen molar-refractivity contribution in [2.45, 2.75) is 63.3 Å². The standard InChI is InChI=1S/C17H27F3N2O2/c1-11(14-9-12-2-3-13(14)8-12)21-15(23)10-22-6-4-16(24,5-7-22)17(18,19)20/h11-14,24H,2-10H2,1H3,(H,21,23). The van der Waals surface area contributed by atoms with Gasteiger partial charge in [-0.25, -0.2) is 0 Å². The number of fused-ring (bicyclic) bond motifs is 2. The van der Waals surface area contributed by atoms with Crippen molar-refractivity contribution >= 4 is 5.91 Å². The molecule has 2 bridgehead atoms. The van der Waals surface area contributed by atoms with Gasteiger partial charge in [-0.3, -0.25) is 9.69 Å². The number of carbonyl (C=O) groups is 1. The van der Waals surface area contributed by atoms with Gasteiger partial charge in [0.15, 0.2) is 5.60 Å². The van der Waals surface area contributed by atoms with Crippen LogP contribution in [0.15, 0.2) is 0 Å². The highest BCUT2D eigenvalue weighted by molar-refractivity contribution is 5.78. The zero-order valence-corrected chi connectivity index (χ0v) is 14.1. The minimum Gasteiger partial charge on any atom is -0.380 e. The Morgan fingerprint density at radius 1 is 1.29 bits per heavy atom. The summed E-state index contributed by atoms with van der Waals surface area (Å²) in [5, 5.41) is 12.7. The van der Waals surface area contributed by atoms with Crippen molar-refractivity contribution in [3.63, 3.8) is 0 Å². The molecule has 0 spiro atoms. The predicted octanol–water partition coefficient (Wildman–Crippen LogP) is 2.32. The molecular formula is C17H27F3N2O2.